The first-order chi connectivity index (χ1) is 9.19. The third-order valence-electron chi connectivity index (χ3n) is 4.70. The molecule has 19 heavy (non-hydrogen) atoms. The van der Waals surface area contributed by atoms with E-state index in [1.54, 1.807) is 0 Å². The van der Waals surface area contributed by atoms with Crippen molar-refractivity contribution in [3.8, 4) is 0 Å². The summed E-state index contributed by atoms with van der Waals surface area (Å²) in [7, 11) is 2.22. The molecule has 112 valence electrons. The molecule has 0 aromatic rings. The average Bonchev–Trinajstić information content (AvgIpc) is 2.46. The van der Waals surface area contributed by atoms with Gasteiger partial charge in [-0.1, -0.05) is 0 Å². The van der Waals surface area contributed by atoms with E-state index in [0.29, 0.717) is 6.04 Å². The molecule has 1 atom stereocenters. The number of piperazine rings is 2. The predicted octanol–water partition coefficient (Wildman–Crippen LogP) is -0.801. The van der Waals surface area contributed by atoms with Crippen LogP contribution in [0.3, 0.4) is 0 Å². The third-order valence-corrected chi connectivity index (χ3v) is 4.70. The van der Waals surface area contributed by atoms with Gasteiger partial charge in [0.2, 0.25) is 0 Å². The van der Waals surface area contributed by atoms with Crippen molar-refractivity contribution in [2.45, 2.75) is 13.0 Å². The Morgan fingerprint density at radius 2 is 1.32 bits per heavy atom. The highest BCUT2D eigenvalue weighted by atomic mass is 15.3. The summed E-state index contributed by atoms with van der Waals surface area (Å²) in [6, 6.07) is 0.541. The molecule has 0 amide bonds. The summed E-state index contributed by atoms with van der Waals surface area (Å²) in [6.45, 7) is 15.2. The van der Waals surface area contributed by atoms with Gasteiger partial charge in [-0.2, -0.15) is 0 Å². The first-order valence-corrected chi connectivity index (χ1v) is 7.76. The van der Waals surface area contributed by atoms with Crippen LogP contribution in [0.2, 0.25) is 0 Å². The van der Waals surface area contributed by atoms with Crippen molar-refractivity contribution in [2.24, 2.45) is 5.73 Å². The van der Waals surface area contributed by atoms with Crippen molar-refractivity contribution in [1.29, 1.82) is 0 Å². The minimum atomic E-state index is 0.541. The van der Waals surface area contributed by atoms with Gasteiger partial charge in [0.25, 0.3) is 0 Å². The molecule has 2 heterocycles. The van der Waals surface area contributed by atoms with Gasteiger partial charge in [-0.15, -0.1) is 0 Å². The molecule has 2 aliphatic heterocycles. The Hall–Kier alpha value is -0.200. The molecule has 0 aromatic heterocycles. The van der Waals surface area contributed by atoms with Crippen LogP contribution in [0.25, 0.3) is 0 Å². The fourth-order valence-electron chi connectivity index (χ4n) is 2.93. The van der Waals surface area contributed by atoms with Crippen LogP contribution in [0.1, 0.15) is 6.92 Å². The zero-order valence-corrected chi connectivity index (χ0v) is 12.7. The van der Waals surface area contributed by atoms with Crippen LogP contribution >= 0.6 is 0 Å². The molecule has 0 radical (unpaired) electrons. The number of likely N-dealkylation sites (N-methyl/N-ethyl adjacent to an activating group) is 1. The van der Waals surface area contributed by atoms with Crippen molar-refractivity contribution >= 4 is 0 Å². The summed E-state index contributed by atoms with van der Waals surface area (Å²) in [4.78, 5) is 10.2. The Morgan fingerprint density at radius 1 is 0.842 bits per heavy atom. The van der Waals surface area contributed by atoms with Crippen LogP contribution in [0, 0.1) is 0 Å². The van der Waals surface area contributed by atoms with Crippen LogP contribution in [-0.4, -0.2) is 105 Å². The van der Waals surface area contributed by atoms with Crippen LogP contribution in [0.5, 0.6) is 0 Å². The smallest absolute Gasteiger partial charge is 0.0191 e. The second-order valence-corrected chi connectivity index (χ2v) is 6.11. The van der Waals surface area contributed by atoms with Gasteiger partial charge < -0.3 is 10.6 Å². The maximum Gasteiger partial charge on any atom is 0.0191 e. The molecule has 0 spiro atoms. The summed E-state index contributed by atoms with van der Waals surface area (Å²) in [5.74, 6) is 0. The number of hydrogen-bond acceptors (Lipinski definition) is 5. The summed E-state index contributed by atoms with van der Waals surface area (Å²) in [5.41, 5.74) is 5.74. The highest BCUT2D eigenvalue weighted by molar-refractivity contribution is 4.78. The summed E-state index contributed by atoms with van der Waals surface area (Å²) in [6.07, 6.45) is 0. The molecule has 2 fully saturated rings. The lowest BCUT2D eigenvalue weighted by molar-refractivity contribution is 0.0859. The van der Waals surface area contributed by atoms with Crippen LogP contribution in [-0.2, 0) is 0 Å². The fourth-order valence-corrected chi connectivity index (χ4v) is 2.93. The molecule has 2 rings (SSSR count). The Kier molecular flexibility index (Phi) is 6.04. The normalized spacial score (nSPS) is 26.7. The Morgan fingerprint density at radius 3 is 1.79 bits per heavy atom. The van der Waals surface area contributed by atoms with E-state index in [0.717, 1.165) is 6.54 Å². The van der Waals surface area contributed by atoms with E-state index >= 15 is 0 Å². The van der Waals surface area contributed by atoms with E-state index in [-0.39, 0.29) is 0 Å². The first kappa shape index (κ1) is 15.2. The van der Waals surface area contributed by atoms with Crippen molar-refractivity contribution < 1.29 is 0 Å². The lowest BCUT2D eigenvalue weighted by Crippen LogP contribution is -2.53. The molecule has 2 aliphatic rings. The van der Waals surface area contributed by atoms with Gasteiger partial charge in [0.1, 0.15) is 0 Å². The quantitative estimate of drug-likeness (QED) is 0.707. The highest BCUT2D eigenvalue weighted by Crippen LogP contribution is 2.06. The van der Waals surface area contributed by atoms with Gasteiger partial charge in [0.05, 0.1) is 0 Å². The molecular formula is C14H31N5. The zero-order chi connectivity index (χ0) is 13.7. The molecule has 1 unspecified atom stereocenters. The lowest BCUT2D eigenvalue weighted by atomic mass is 10.2. The summed E-state index contributed by atoms with van der Waals surface area (Å²) < 4.78 is 0. The molecule has 0 saturated carbocycles. The van der Waals surface area contributed by atoms with E-state index < -0.39 is 0 Å². The Balaban J connectivity index is 1.60. The second kappa shape index (κ2) is 7.55. The van der Waals surface area contributed by atoms with Gasteiger partial charge in [-0.25, -0.2) is 0 Å². The third kappa shape index (κ3) is 4.68. The van der Waals surface area contributed by atoms with Crippen LogP contribution in [0.4, 0.5) is 0 Å². The van der Waals surface area contributed by atoms with Gasteiger partial charge in [-0.3, -0.25) is 14.7 Å². The zero-order valence-electron chi connectivity index (χ0n) is 12.7. The monoisotopic (exact) mass is 269 g/mol. The molecule has 0 bridgehead atoms. The average molecular weight is 269 g/mol. The standard InChI is InChI=1S/C14H31N5/c1-14(13-15)19-11-9-18(10-12-19)8-7-17-5-3-16(2)4-6-17/h14H,3-13,15H2,1-2H3. The van der Waals surface area contributed by atoms with E-state index in [1.807, 2.05) is 0 Å². The molecule has 0 aliphatic carbocycles. The Labute approximate surface area is 118 Å². The summed E-state index contributed by atoms with van der Waals surface area (Å²) >= 11 is 0. The predicted molar refractivity (Wildman–Crippen MR) is 80.5 cm³/mol. The molecule has 5 heteroatoms. The molecule has 0 aromatic carbocycles. The van der Waals surface area contributed by atoms with Crippen LogP contribution < -0.4 is 5.73 Å². The number of rotatable bonds is 5. The van der Waals surface area contributed by atoms with Gasteiger partial charge in [-0.05, 0) is 14.0 Å². The lowest BCUT2D eigenvalue weighted by Gasteiger charge is -2.39. The van der Waals surface area contributed by atoms with Crippen molar-refractivity contribution in [2.75, 3.05) is 79.0 Å². The van der Waals surface area contributed by atoms with Gasteiger partial charge in [0.15, 0.2) is 0 Å². The molecule has 2 N–H and O–H groups in total. The minimum Gasteiger partial charge on any atom is -0.329 e. The largest absolute Gasteiger partial charge is 0.329 e. The van der Waals surface area contributed by atoms with Gasteiger partial charge >= 0.3 is 0 Å². The first-order valence-electron chi connectivity index (χ1n) is 7.76. The number of nitrogens with zero attached hydrogens (tertiary/aromatic N) is 4. The van der Waals surface area contributed by atoms with Crippen molar-refractivity contribution in [1.82, 2.24) is 19.6 Å². The Bertz CT molecular complexity index is 244. The van der Waals surface area contributed by atoms with E-state index in [9.17, 15) is 0 Å². The van der Waals surface area contributed by atoms with E-state index in [1.165, 1.54) is 65.4 Å². The van der Waals surface area contributed by atoms with E-state index in [2.05, 4.69) is 33.6 Å². The van der Waals surface area contributed by atoms with E-state index in [4.69, 9.17) is 5.73 Å². The SMILES string of the molecule is CC(CN)N1CCN(CCN2CCN(C)CC2)CC1. The van der Waals surface area contributed by atoms with Gasteiger partial charge in [0, 0.05) is 78.0 Å². The van der Waals surface area contributed by atoms with Crippen molar-refractivity contribution in [3.05, 3.63) is 0 Å². The maximum absolute atomic E-state index is 5.74. The number of nitrogens with two attached hydrogens (primary N) is 1. The molecular weight excluding hydrogens is 238 g/mol. The second-order valence-electron chi connectivity index (χ2n) is 6.11. The van der Waals surface area contributed by atoms with Crippen LogP contribution in [0.15, 0.2) is 0 Å². The minimum absolute atomic E-state index is 0.541. The molecule has 5 nitrogen and oxygen atoms in total. The molecule has 2 saturated heterocycles. The maximum atomic E-state index is 5.74. The van der Waals surface area contributed by atoms with Crippen molar-refractivity contribution in [3.63, 3.8) is 0 Å². The fraction of sp³-hybridized carbons (Fsp3) is 1.00. The topological polar surface area (TPSA) is 39.0 Å². The summed E-state index contributed by atoms with van der Waals surface area (Å²) in [5, 5.41) is 0. The highest BCUT2D eigenvalue weighted by Gasteiger charge is 2.21. The number of hydrogen-bond donors (Lipinski definition) is 1.